The Morgan fingerprint density at radius 3 is 2.86 bits per heavy atom. The molecule has 1 heterocycles. The van der Waals surface area contributed by atoms with Crippen molar-refractivity contribution in [2.24, 2.45) is 10.7 Å². The van der Waals surface area contributed by atoms with Crippen LogP contribution in [0, 0.1) is 0 Å². The molecule has 1 aromatic heterocycles. The van der Waals surface area contributed by atoms with Crippen molar-refractivity contribution in [3.8, 4) is 0 Å². The molecule has 0 saturated heterocycles. The van der Waals surface area contributed by atoms with Gasteiger partial charge in [0.05, 0.1) is 0 Å². The molecule has 0 saturated carbocycles. The molecule has 0 amide bonds. The molecule has 1 aromatic rings. The Balaban J connectivity index is 0.00000169. The van der Waals surface area contributed by atoms with Crippen molar-refractivity contribution in [2.45, 2.75) is 26.2 Å². The van der Waals surface area contributed by atoms with Crippen molar-refractivity contribution < 1.29 is 0 Å². The number of aromatic nitrogens is 2. The Morgan fingerprint density at radius 2 is 2.29 bits per heavy atom. The van der Waals surface area contributed by atoms with Gasteiger partial charge >= 0.3 is 0 Å². The maximum atomic E-state index is 5.67. The van der Waals surface area contributed by atoms with Crippen LogP contribution >= 0.6 is 12.4 Å². The van der Waals surface area contributed by atoms with Crippen LogP contribution in [-0.2, 0) is 0 Å². The van der Waals surface area contributed by atoms with E-state index < -0.39 is 0 Å². The topological polar surface area (TPSA) is 56.2 Å². The van der Waals surface area contributed by atoms with Gasteiger partial charge in [0.15, 0.2) is 0 Å². The maximum absolute atomic E-state index is 5.67. The Morgan fingerprint density at radius 1 is 1.50 bits per heavy atom. The quantitative estimate of drug-likeness (QED) is 0.473. The second-order valence-electron chi connectivity index (χ2n) is 2.90. The maximum Gasteiger partial charge on any atom is 0.216 e. The van der Waals surface area contributed by atoms with Crippen molar-refractivity contribution in [3.63, 3.8) is 0 Å². The van der Waals surface area contributed by atoms with Crippen LogP contribution in [-0.4, -0.2) is 22.3 Å². The van der Waals surface area contributed by atoms with E-state index >= 15 is 0 Å². The summed E-state index contributed by atoms with van der Waals surface area (Å²) in [4.78, 5) is 4.20. The third-order valence-corrected chi connectivity index (χ3v) is 1.77. The van der Waals surface area contributed by atoms with E-state index in [9.17, 15) is 0 Å². The highest BCUT2D eigenvalue weighted by Gasteiger charge is 1.93. The molecule has 4 nitrogen and oxygen atoms in total. The zero-order valence-electron chi connectivity index (χ0n) is 8.39. The summed E-state index contributed by atoms with van der Waals surface area (Å²) in [5, 5.41) is 3.98. The highest BCUT2D eigenvalue weighted by Crippen LogP contribution is 1.93. The normalized spacial score (nSPS) is 11.1. The minimum Gasteiger partial charge on any atom is -0.368 e. The summed E-state index contributed by atoms with van der Waals surface area (Å²) in [5.41, 5.74) is 5.67. The van der Waals surface area contributed by atoms with Crippen molar-refractivity contribution in [1.29, 1.82) is 0 Å². The molecule has 0 bridgehead atoms. The molecule has 0 aliphatic rings. The molecule has 0 unspecified atom stereocenters. The minimum absolute atomic E-state index is 0. The van der Waals surface area contributed by atoms with Crippen molar-refractivity contribution >= 4 is 18.4 Å². The van der Waals surface area contributed by atoms with Gasteiger partial charge in [0.1, 0.15) is 0 Å². The van der Waals surface area contributed by atoms with Crippen LogP contribution in [0.3, 0.4) is 0 Å². The zero-order chi connectivity index (χ0) is 9.52. The predicted molar refractivity (Wildman–Crippen MR) is 60.9 cm³/mol. The van der Waals surface area contributed by atoms with Gasteiger partial charge in [-0.05, 0) is 12.5 Å². The van der Waals surface area contributed by atoms with Crippen molar-refractivity contribution in [3.05, 3.63) is 18.5 Å². The van der Waals surface area contributed by atoms with Crippen LogP contribution in [0.5, 0.6) is 0 Å². The Bertz CT molecular complexity index is 256. The van der Waals surface area contributed by atoms with E-state index in [1.54, 1.807) is 17.1 Å². The summed E-state index contributed by atoms with van der Waals surface area (Å²) in [7, 11) is 0. The number of nitrogens with zero attached hydrogens (tertiary/aromatic N) is 3. The van der Waals surface area contributed by atoms with Crippen LogP contribution < -0.4 is 5.73 Å². The second kappa shape index (κ2) is 7.38. The van der Waals surface area contributed by atoms with Crippen LogP contribution in [0.15, 0.2) is 23.5 Å². The minimum atomic E-state index is 0. The molecule has 0 radical (unpaired) electrons. The fourth-order valence-electron chi connectivity index (χ4n) is 1.03. The van der Waals surface area contributed by atoms with Gasteiger partial charge in [-0.2, -0.15) is 5.10 Å². The standard InChI is InChI=1S/C9H16N4.ClH/c1-2-3-4-6-11-9(10)13-8-5-7-12-13;/h5,7-8H,2-4,6H2,1H3,(H2,10,11);1H. The molecule has 0 spiro atoms. The van der Waals surface area contributed by atoms with Gasteiger partial charge in [0, 0.05) is 18.9 Å². The predicted octanol–water partition coefficient (Wildman–Crippen LogP) is 1.66. The number of aliphatic imine (C=N–C) groups is 1. The molecule has 0 aliphatic heterocycles. The summed E-state index contributed by atoms with van der Waals surface area (Å²) < 4.78 is 1.58. The van der Waals surface area contributed by atoms with E-state index in [1.165, 1.54) is 12.8 Å². The molecule has 80 valence electrons. The lowest BCUT2D eigenvalue weighted by Crippen LogP contribution is -2.23. The summed E-state index contributed by atoms with van der Waals surface area (Å²) in [5.74, 6) is 0.473. The average molecular weight is 217 g/mol. The van der Waals surface area contributed by atoms with E-state index in [4.69, 9.17) is 5.73 Å². The monoisotopic (exact) mass is 216 g/mol. The highest BCUT2D eigenvalue weighted by molar-refractivity contribution is 5.85. The van der Waals surface area contributed by atoms with Crippen LogP contribution in [0.2, 0.25) is 0 Å². The van der Waals surface area contributed by atoms with Crippen LogP contribution in [0.25, 0.3) is 0 Å². The molecule has 0 aromatic carbocycles. The Labute approximate surface area is 90.6 Å². The third-order valence-electron chi connectivity index (χ3n) is 1.77. The fraction of sp³-hybridized carbons (Fsp3) is 0.556. The number of hydrogen-bond donors (Lipinski definition) is 1. The molecule has 2 N–H and O–H groups in total. The van der Waals surface area contributed by atoms with Gasteiger partial charge in [-0.1, -0.05) is 19.8 Å². The number of unbranched alkanes of at least 4 members (excludes halogenated alkanes) is 2. The van der Waals surface area contributed by atoms with Crippen LogP contribution in [0.1, 0.15) is 26.2 Å². The third kappa shape index (κ3) is 4.28. The van der Waals surface area contributed by atoms with Gasteiger partial charge in [-0.15, -0.1) is 12.4 Å². The van der Waals surface area contributed by atoms with Crippen molar-refractivity contribution in [2.75, 3.05) is 6.54 Å². The number of rotatable bonds is 4. The summed E-state index contributed by atoms with van der Waals surface area (Å²) in [6.07, 6.45) is 6.98. The fourth-order valence-corrected chi connectivity index (χ4v) is 1.03. The van der Waals surface area contributed by atoms with Gasteiger partial charge in [0.2, 0.25) is 5.96 Å². The van der Waals surface area contributed by atoms with Crippen molar-refractivity contribution in [1.82, 2.24) is 9.78 Å². The van der Waals surface area contributed by atoms with E-state index in [2.05, 4.69) is 17.0 Å². The second-order valence-corrected chi connectivity index (χ2v) is 2.90. The summed E-state index contributed by atoms with van der Waals surface area (Å²) in [6.45, 7) is 2.96. The molecule has 0 atom stereocenters. The van der Waals surface area contributed by atoms with Gasteiger partial charge in [-0.25, -0.2) is 4.68 Å². The molecular weight excluding hydrogens is 200 g/mol. The highest BCUT2D eigenvalue weighted by atomic mass is 35.5. The smallest absolute Gasteiger partial charge is 0.216 e. The zero-order valence-corrected chi connectivity index (χ0v) is 9.20. The first kappa shape index (κ1) is 13.0. The van der Waals surface area contributed by atoms with E-state index in [1.807, 2.05) is 6.07 Å². The first-order valence-electron chi connectivity index (χ1n) is 4.64. The summed E-state index contributed by atoms with van der Waals surface area (Å²) >= 11 is 0. The first-order chi connectivity index (χ1) is 6.34. The van der Waals surface area contributed by atoms with E-state index in [0.29, 0.717) is 5.96 Å². The molecule has 1 rings (SSSR count). The molecule has 14 heavy (non-hydrogen) atoms. The SMILES string of the molecule is CCCCCN=C(N)n1cccn1.Cl. The number of hydrogen-bond acceptors (Lipinski definition) is 2. The molecule has 5 heteroatoms. The Hall–Kier alpha value is -1.03. The number of halogens is 1. The molecule has 0 aliphatic carbocycles. The van der Waals surface area contributed by atoms with Gasteiger partial charge in [-0.3, -0.25) is 4.99 Å². The number of nitrogens with two attached hydrogens (primary N) is 1. The lowest BCUT2D eigenvalue weighted by atomic mass is 10.2. The largest absolute Gasteiger partial charge is 0.368 e. The molecular formula is C9H17ClN4. The Kier molecular flexibility index (Phi) is 6.84. The lowest BCUT2D eigenvalue weighted by molar-refractivity contribution is 0.723. The van der Waals surface area contributed by atoms with E-state index in [-0.39, 0.29) is 12.4 Å². The lowest BCUT2D eigenvalue weighted by Gasteiger charge is -1.99. The average Bonchev–Trinajstić information content (AvgIpc) is 2.65. The molecule has 0 fully saturated rings. The summed E-state index contributed by atoms with van der Waals surface area (Å²) in [6, 6.07) is 1.83. The van der Waals surface area contributed by atoms with Gasteiger partial charge < -0.3 is 5.73 Å². The van der Waals surface area contributed by atoms with Gasteiger partial charge in [0.25, 0.3) is 0 Å². The van der Waals surface area contributed by atoms with Crippen LogP contribution in [0.4, 0.5) is 0 Å². The first-order valence-corrected chi connectivity index (χ1v) is 4.64. The van der Waals surface area contributed by atoms with E-state index in [0.717, 1.165) is 13.0 Å².